The monoisotopic (exact) mass is 340 g/mol. The van der Waals surface area contributed by atoms with Crippen LogP contribution in [0, 0.1) is 6.92 Å². The van der Waals surface area contributed by atoms with Crippen molar-refractivity contribution in [2.45, 2.75) is 45.2 Å². The molecule has 1 aromatic carbocycles. The van der Waals surface area contributed by atoms with Gasteiger partial charge in [-0.05, 0) is 38.3 Å². The number of para-hydroxylation sites is 2. The molecule has 3 heterocycles. The number of urea groups is 1. The van der Waals surface area contributed by atoms with E-state index in [0.29, 0.717) is 6.54 Å². The number of benzene rings is 1. The maximum absolute atomic E-state index is 12.5. The molecule has 0 aliphatic carbocycles. The number of nitrogens with one attached hydrogen (secondary N) is 2. The van der Waals surface area contributed by atoms with E-state index in [4.69, 9.17) is 0 Å². The molecule has 7 nitrogen and oxygen atoms in total. The van der Waals surface area contributed by atoms with Crippen LogP contribution in [0.5, 0.6) is 0 Å². The van der Waals surface area contributed by atoms with E-state index in [1.165, 1.54) is 12.8 Å². The average molecular weight is 340 g/mol. The first-order valence-electron chi connectivity index (χ1n) is 9.01. The van der Waals surface area contributed by atoms with Gasteiger partial charge in [-0.1, -0.05) is 12.1 Å². The standard InChI is InChI=1S/C18H24N6O/c1-13-19-17-9-8-14(12-24(17)22-13)20-18(25)21-15-6-2-3-7-16(15)23-10-4-5-11-23/h2-3,6-7,14H,4-5,8-12H2,1H3,(H2,20,21,25). The topological polar surface area (TPSA) is 75.1 Å². The van der Waals surface area contributed by atoms with E-state index in [9.17, 15) is 4.79 Å². The van der Waals surface area contributed by atoms with Crippen LogP contribution in [0.4, 0.5) is 16.2 Å². The van der Waals surface area contributed by atoms with E-state index in [1.807, 2.05) is 29.8 Å². The lowest BCUT2D eigenvalue weighted by Gasteiger charge is -2.25. The van der Waals surface area contributed by atoms with Gasteiger partial charge in [-0.2, -0.15) is 5.10 Å². The van der Waals surface area contributed by atoms with E-state index in [-0.39, 0.29) is 12.1 Å². The molecule has 7 heteroatoms. The summed E-state index contributed by atoms with van der Waals surface area (Å²) in [6, 6.07) is 7.94. The summed E-state index contributed by atoms with van der Waals surface area (Å²) < 4.78 is 1.90. The molecular formula is C18H24N6O. The Labute approximate surface area is 147 Å². The molecule has 25 heavy (non-hydrogen) atoms. The first-order valence-corrected chi connectivity index (χ1v) is 9.01. The normalized spacial score (nSPS) is 19.6. The second-order valence-corrected chi connectivity index (χ2v) is 6.80. The highest BCUT2D eigenvalue weighted by atomic mass is 16.2. The molecule has 2 aliphatic rings. The second-order valence-electron chi connectivity index (χ2n) is 6.80. The van der Waals surface area contributed by atoms with Crippen molar-refractivity contribution in [3.05, 3.63) is 35.9 Å². The molecule has 0 saturated carbocycles. The zero-order valence-corrected chi connectivity index (χ0v) is 14.5. The molecule has 1 fully saturated rings. The number of aromatic nitrogens is 3. The summed E-state index contributed by atoms with van der Waals surface area (Å²) in [5, 5.41) is 10.5. The fraction of sp³-hybridized carbons (Fsp3) is 0.500. The Bertz CT molecular complexity index is 765. The molecule has 2 N–H and O–H groups in total. The van der Waals surface area contributed by atoms with Crippen molar-refractivity contribution in [3.8, 4) is 0 Å². The van der Waals surface area contributed by atoms with Gasteiger partial charge in [-0.3, -0.25) is 0 Å². The summed E-state index contributed by atoms with van der Waals surface area (Å²) in [5.41, 5.74) is 1.97. The van der Waals surface area contributed by atoms with Gasteiger partial charge >= 0.3 is 6.03 Å². The van der Waals surface area contributed by atoms with Crippen LogP contribution in [0.15, 0.2) is 24.3 Å². The van der Waals surface area contributed by atoms with Gasteiger partial charge in [0.25, 0.3) is 0 Å². The fourth-order valence-corrected chi connectivity index (χ4v) is 3.71. The van der Waals surface area contributed by atoms with E-state index >= 15 is 0 Å². The van der Waals surface area contributed by atoms with Gasteiger partial charge in [-0.25, -0.2) is 14.5 Å². The van der Waals surface area contributed by atoms with Crippen molar-refractivity contribution < 1.29 is 4.79 Å². The maximum Gasteiger partial charge on any atom is 0.319 e. The highest BCUT2D eigenvalue weighted by Gasteiger charge is 2.23. The van der Waals surface area contributed by atoms with Crippen molar-refractivity contribution in [1.82, 2.24) is 20.1 Å². The zero-order valence-electron chi connectivity index (χ0n) is 14.5. The second kappa shape index (κ2) is 6.74. The van der Waals surface area contributed by atoms with Crippen LogP contribution >= 0.6 is 0 Å². The summed E-state index contributed by atoms with van der Waals surface area (Å²) in [6.45, 7) is 4.68. The van der Waals surface area contributed by atoms with Gasteiger partial charge in [0.2, 0.25) is 0 Å². The molecule has 4 rings (SSSR count). The highest BCUT2D eigenvalue weighted by Crippen LogP contribution is 2.28. The molecule has 1 aromatic heterocycles. The maximum atomic E-state index is 12.5. The van der Waals surface area contributed by atoms with E-state index in [2.05, 4.69) is 31.7 Å². The molecule has 1 atom stereocenters. The number of nitrogens with zero attached hydrogens (tertiary/aromatic N) is 4. The number of hydrogen-bond donors (Lipinski definition) is 2. The molecule has 2 amide bonds. The summed E-state index contributed by atoms with van der Waals surface area (Å²) in [5.74, 6) is 1.80. The van der Waals surface area contributed by atoms with Crippen LogP contribution in [0.3, 0.4) is 0 Å². The van der Waals surface area contributed by atoms with Crippen molar-refractivity contribution >= 4 is 17.4 Å². The molecule has 0 spiro atoms. The van der Waals surface area contributed by atoms with Crippen LogP contribution in [0.25, 0.3) is 0 Å². The Morgan fingerprint density at radius 3 is 2.88 bits per heavy atom. The summed E-state index contributed by atoms with van der Waals surface area (Å²) in [6.07, 6.45) is 4.15. The van der Waals surface area contributed by atoms with Crippen molar-refractivity contribution in [2.24, 2.45) is 0 Å². The Morgan fingerprint density at radius 2 is 2.04 bits per heavy atom. The minimum absolute atomic E-state index is 0.0764. The summed E-state index contributed by atoms with van der Waals surface area (Å²) in [4.78, 5) is 19.2. The van der Waals surface area contributed by atoms with E-state index in [0.717, 1.165) is 49.0 Å². The molecular weight excluding hydrogens is 316 g/mol. The minimum Gasteiger partial charge on any atom is -0.370 e. The zero-order chi connectivity index (χ0) is 17.2. The first-order chi connectivity index (χ1) is 12.2. The number of carbonyl (C=O) groups is 1. The van der Waals surface area contributed by atoms with Crippen molar-refractivity contribution in [1.29, 1.82) is 0 Å². The Kier molecular flexibility index (Phi) is 4.29. The van der Waals surface area contributed by atoms with Gasteiger partial charge in [0.05, 0.1) is 24.0 Å². The van der Waals surface area contributed by atoms with E-state index < -0.39 is 0 Å². The number of hydrogen-bond acceptors (Lipinski definition) is 4. The van der Waals surface area contributed by atoms with Crippen LogP contribution in [0.2, 0.25) is 0 Å². The smallest absolute Gasteiger partial charge is 0.319 e. The Morgan fingerprint density at radius 1 is 1.24 bits per heavy atom. The van der Waals surface area contributed by atoms with Crippen LogP contribution in [-0.4, -0.2) is 39.9 Å². The van der Waals surface area contributed by atoms with Crippen LogP contribution in [-0.2, 0) is 13.0 Å². The molecule has 1 saturated heterocycles. The van der Waals surface area contributed by atoms with Gasteiger partial charge in [0.1, 0.15) is 11.6 Å². The first kappa shape index (κ1) is 15.9. The van der Waals surface area contributed by atoms with Crippen molar-refractivity contribution in [3.63, 3.8) is 0 Å². The van der Waals surface area contributed by atoms with E-state index in [1.54, 1.807) is 0 Å². The SMILES string of the molecule is Cc1nc2n(n1)CC(NC(=O)Nc1ccccc1N1CCCC1)CC2. The number of carbonyl (C=O) groups excluding carboxylic acids is 1. The third-order valence-electron chi connectivity index (χ3n) is 4.90. The minimum atomic E-state index is -0.156. The number of rotatable bonds is 3. The predicted octanol–water partition coefficient (Wildman–Crippen LogP) is 2.32. The van der Waals surface area contributed by atoms with Gasteiger partial charge in [0, 0.05) is 19.5 Å². The number of fused-ring (bicyclic) bond motifs is 1. The summed E-state index contributed by atoms with van der Waals surface area (Å²) in [7, 11) is 0. The van der Waals surface area contributed by atoms with Crippen molar-refractivity contribution in [2.75, 3.05) is 23.3 Å². The van der Waals surface area contributed by atoms with Crippen LogP contribution < -0.4 is 15.5 Å². The fourth-order valence-electron chi connectivity index (χ4n) is 3.71. The largest absolute Gasteiger partial charge is 0.370 e. The number of amides is 2. The van der Waals surface area contributed by atoms with Gasteiger partial charge < -0.3 is 15.5 Å². The van der Waals surface area contributed by atoms with Crippen LogP contribution in [0.1, 0.15) is 30.9 Å². The molecule has 2 aliphatic heterocycles. The number of anilines is 2. The molecule has 1 unspecified atom stereocenters. The summed E-state index contributed by atoms with van der Waals surface area (Å²) >= 11 is 0. The highest BCUT2D eigenvalue weighted by molar-refractivity contribution is 5.93. The lowest BCUT2D eigenvalue weighted by atomic mass is 10.1. The Hall–Kier alpha value is -2.57. The third kappa shape index (κ3) is 3.45. The average Bonchev–Trinajstić information content (AvgIpc) is 3.23. The third-order valence-corrected chi connectivity index (χ3v) is 4.90. The lowest BCUT2D eigenvalue weighted by molar-refractivity contribution is 0.243. The molecule has 0 bridgehead atoms. The Balaban J connectivity index is 1.40. The van der Waals surface area contributed by atoms with Gasteiger partial charge in [0.15, 0.2) is 0 Å². The number of aryl methyl sites for hydroxylation is 2. The predicted molar refractivity (Wildman–Crippen MR) is 96.9 cm³/mol. The molecule has 2 aromatic rings. The molecule has 0 radical (unpaired) electrons. The molecule has 132 valence electrons. The van der Waals surface area contributed by atoms with Gasteiger partial charge in [-0.15, -0.1) is 0 Å². The quantitative estimate of drug-likeness (QED) is 0.899. The lowest BCUT2D eigenvalue weighted by Crippen LogP contribution is -2.43.